The summed E-state index contributed by atoms with van der Waals surface area (Å²) >= 11 is 11.8. The molecule has 2 aliphatic rings. The summed E-state index contributed by atoms with van der Waals surface area (Å²) in [6.45, 7) is 0. The van der Waals surface area contributed by atoms with Gasteiger partial charge in [-0.3, -0.25) is 0 Å². The monoisotopic (exact) mass is 498 g/mol. The van der Waals surface area contributed by atoms with E-state index < -0.39 is 0 Å². The SMILES string of the molecule is C[S-].C[S-].[CH]1[CH][CH][CH][CH]1.[CH]1[CH][CH][CH][CH]1.[Cl][Ru+].[Cl][Ru+]. The van der Waals surface area contributed by atoms with Gasteiger partial charge in [-0.1, -0.05) is 0 Å². The molecular formula is C12H16Cl2Ru2S2. The molecule has 0 heterocycles. The van der Waals surface area contributed by atoms with Crippen LogP contribution in [0.3, 0.4) is 0 Å². The molecule has 10 radical (unpaired) electrons. The van der Waals surface area contributed by atoms with Crippen molar-refractivity contribution in [2.45, 2.75) is 0 Å². The summed E-state index contributed by atoms with van der Waals surface area (Å²) in [6, 6.07) is 0. The molecule has 2 aliphatic carbocycles. The first-order valence-electron chi connectivity index (χ1n) is 4.42. The van der Waals surface area contributed by atoms with Gasteiger partial charge in [0.2, 0.25) is 0 Å². The van der Waals surface area contributed by atoms with Gasteiger partial charge in [-0.25, -0.2) is 0 Å². The number of hydrogen-bond donors (Lipinski definition) is 0. The van der Waals surface area contributed by atoms with E-state index in [2.05, 4.69) is 44.6 Å². The van der Waals surface area contributed by atoms with E-state index in [4.69, 9.17) is 0 Å². The first-order valence-corrected chi connectivity index (χ1v) is 10.5. The molecule has 0 spiro atoms. The zero-order chi connectivity index (χ0) is 15.1. The fraction of sp³-hybridized carbons (Fsp3) is 0.167. The summed E-state index contributed by atoms with van der Waals surface area (Å²) in [5.74, 6) is 0. The van der Waals surface area contributed by atoms with Gasteiger partial charge in [-0.05, 0) is 64.2 Å². The predicted octanol–water partition coefficient (Wildman–Crippen LogP) is 3.74. The Bertz CT molecular complexity index is 59.3. The molecule has 2 saturated carbocycles. The third-order valence-corrected chi connectivity index (χ3v) is 1.11. The van der Waals surface area contributed by atoms with E-state index in [-0.39, 0.29) is 0 Å². The molecule has 0 N–H and O–H groups in total. The van der Waals surface area contributed by atoms with E-state index in [1.54, 1.807) is 12.5 Å². The van der Waals surface area contributed by atoms with Crippen LogP contribution in [0.4, 0.5) is 0 Å². The zero-order valence-corrected chi connectivity index (χ0v) is 16.7. The van der Waals surface area contributed by atoms with E-state index in [1.165, 1.54) is 0 Å². The molecule has 0 aromatic rings. The normalized spacial score (nSPS) is 14.7. The van der Waals surface area contributed by atoms with Crippen LogP contribution >= 0.6 is 19.4 Å². The van der Waals surface area contributed by atoms with Crippen LogP contribution < -0.4 is 0 Å². The van der Waals surface area contributed by atoms with Crippen molar-refractivity contribution >= 4 is 44.6 Å². The first-order chi connectivity index (χ1) is 9.00. The predicted molar refractivity (Wildman–Crippen MR) is 81.3 cm³/mol. The second-order valence-electron chi connectivity index (χ2n) is 1.92. The van der Waals surface area contributed by atoms with Crippen LogP contribution in [0.25, 0.3) is 0 Å². The summed E-state index contributed by atoms with van der Waals surface area (Å²) < 4.78 is 0. The van der Waals surface area contributed by atoms with Crippen molar-refractivity contribution < 1.29 is 34.6 Å². The van der Waals surface area contributed by atoms with E-state index in [0.29, 0.717) is 0 Å². The Hall–Kier alpha value is 2.53. The standard InChI is InChI=1S/2C5H5.2CH4S.2ClH.2Ru/c2*1-2-4-5-3-1;2*1-2;;;;/h2*1-5H;2*2H,1H3;2*1H;;/q;;;;;;2*+2/p-4. The molecule has 0 aromatic carbocycles. The van der Waals surface area contributed by atoms with Crippen LogP contribution in [-0.4, -0.2) is 12.5 Å². The van der Waals surface area contributed by atoms with Gasteiger partial charge in [-0.15, -0.1) is 0 Å². The van der Waals surface area contributed by atoms with E-state index in [0.717, 1.165) is 0 Å². The van der Waals surface area contributed by atoms with Crippen LogP contribution in [0.2, 0.25) is 0 Å². The molecule has 6 heteroatoms. The molecule has 0 aliphatic heterocycles. The maximum atomic E-state index is 4.57. The van der Waals surface area contributed by atoms with Gasteiger partial charge in [0, 0.05) is 0 Å². The molecule has 0 unspecified atom stereocenters. The Morgan fingerprint density at radius 2 is 0.500 bits per heavy atom. The molecule has 2 rings (SSSR count). The van der Waals surface area contributed by atoms with Gasteiger partial charge in [-0.2, -0.15) is 12.5 Å². The van der Waals surface area contributed by atoms with Crippen LogP contribution in [0.1, 0.15) is 0 Å². The summed E-state index contributed by atoms with van der Waals surface area (Å²) in [4.78, 5) is 0. The molecule has 0 nitrogen and oxygen atoms in total. The third-order valence-electron chi connectivity index (χ3n) is 1.11. The fourth-order valence-corrected chi connectivity index (χ4v) is 0.642. The van der Waals surface area contributed by atoms with E-state index >= 15 is 0 Å². The maximum absolute atomic E-state index is 4.57. The Kier molecular flexibility index (Phi) is 68.0. The average Bonchev–Trinajstić information content (AvgIpc) is 3.25. The Balaban J connectivity index is -0.0000000713. The van der Waals surface area contributed by atoms with Crippen molar-refractivity contribution in [3.8, 4) is 0 Å². The number of halogens is 2. The zero-order valence-electron chi connectivity index (χ0n) is 10.1. The molecule has 0 saturated heterocycles. The van der Waals surface area contributed by atoms with Gasteiger partial charge in [0.05, 0.1) is 0 Å². The van der Waals surface area contributed by atoms with Crippen LogP contribution in [0.5, 0.6) is 0 Å². The Labute approximate surface area is 154 Å². The second-order valence-corrected chi connectivity index (χ2v) is 1.92. The number of rotatable bonds is 0. The number of hydrogen-bond acceptors (Lipinski definition) is 2. The second kappa shape index (κ2) is 42.7. The molecular weight excluding hydrogens is 481 g/mol. The van der Waals surface area contributed by atoms with Crippen LogP contribution in [0.15, 0.2) is 0 Å². The van der Waals surface area contributed by atoms with Gasteiger partial charge in [0.15, 0.2) is 0 Å². The Morgan fingerprint density at radius 3 is 0.556 bits per heavy atom. The van der Waals surface area contributed by atoms with Crippen molar-refractivity contribution in [1.29, 1.82) is 0 Å². The molecule has 0 aromatic heterocycles. The quantitative estimate of drug-likeness (QED) is 0.370. The molecule has 106 valence electrons. The summed E-state index contributed by atoms with van der Waals surface area (Å²) in [6.07, 6.45) is 23.2. The van der Waals surface area contributed by atoms with Gasteiger partial charge in [0.25, 0.3) is 0 Å². The van der Waals surface area contributed by atoms with Crippen LogP contribution in [0, 0.1) is 64.2 Å². The van der Waals surface area contributed by atoms with Crippen molar-refractivity contribution in [1.82, 2.24) is 0 Å². The topological polar surface area (TPSA) is 0 Å². The van der Waals surface area contributed by atoms with Gasteiger partial charge in [0.1, 0.15) is 0 Å². The molecule has 0 atom stereocenters. The third kappa shape index (κ3) is 36.3. The molecule has 18 heavy (non-hydrogen) atoms. The minimum absolute atomic E-state index is 1.58. The summed E-state index contributed by atoms with van der Waals surface area (Å²) in [7, 11) is 9.14. The summed E-state index contributed by atoms with van der Waals surface area (Å²) in [5, 5.41) is 0. The van der Waals surface area contributed by atoms with Gasteiger partial charge < -0.3 is 25.3 Å². The van der Waals surface area contributed by atoms with E-state index in [9.17, 15) is 0 Å². The van der Waals surface area contributed by atoms with Crippen molar-refractivity contribution in [3.05, 3.63) is 64.2 Å². The molecule has 0 amide bonds. The van der Waals surface area contributed by atoms with Gasteiger partial charge >= 0.3 is 54.0 Å². The van der Waals surface area contributed by atoms with Crippen LogP contribution in [-0.2, 0) is 59.9 Å². The van der Waals surface area contributed by atoms with Crippen molar-refractivity contribution in [2.24, 2.45) is 0 Å². The Morgan fingerprint density at radius 1 is 0.444 bits per heavy atom. The minimum atomic E-state index is 1.58. The van der Waals surface area contributed by atoms with Crippen molar-refractivity contribution in [3.63, 3.8) is 0 Å². The average molecular weight is 497 g/mol. The summed E-state index contributed by atoms with van der Waals surface area (Å²) in [5.41, 5.74) is 0. The molecule has 2 fully saturated rings. The first kappa shape index (κ1) is 28.7. The molecule has 0 bridgehead atoms. The van der Waals surface area contributed by atoms with Crippen molar-refractivity contribution in [2.75, 3.05) is 12.5 Å². The van der Waals surface area contributed by atoms with E-state index in [1.807, 2.05) is 98.8 Å². The fourth-order valence-electron chi connectivity index (χ4n) is 0.642.